The maximum atomic E-state index is 13.0. The van der Waals surface area contributed by atoms with E-state index in [0.29, 0.717) is 17.4 Å². The van der Waals surface area contributed by atoms with Crippen LogP contribution in [0.2, 0.25) is 0 Å². The molecule has 0 saturated heterocycles. The summed E-state index contributed by atoms with van der Waals surface area (Å²) in [4.78, 5) is 25.6. The molecule has 436 valence electrons. The Hall–Kier alpha value is -1.54. The highest BCUT2D eigenvalue weighted by molar-refractivity contribution is 7.45. The molecular weight excluding hydrogens is 936 g/mol. The average Bonchev–Trinajstić information content (AvgIpc) is 3.36. The highest BCUT2D eigenvalue weighted by Crippen LogP contribution is 2.38. The summed E-state index contributed by atoms with van der Waals surface area (Å²) in [6, 6.07) is -0.911. The number of carbonyl (C=O) groups is 1. The van der Waals surface area contributed by atoms with Crippen LogP contribution >= 0.6 is 7.82 Å². The lowest BCUT2D eigenvalue weighted by atomic mass is 10.0. The number of hydrogen-bond acceptors (Lipinski definition) is 6. The molecule has 2 N–H and O–H groups in total. The number of unbranched alkanes of at least 4 members (excludes halogenated alkanes) is 40. The van der Waals surface area contributed by atoms with Crippen LogP contribution in [-0.4, -0.2) is 68.5 Å². The molecule has 0 bridgehead atoms. The Labute approximate surface area is 460 Å². The minimum absolute atomic E-state index is 0.00887. The van der Waals surface area contributed by atoms with Crippen LogP contribution in [0, 0.1) is 0 Å². The molecule has 0 aromatic rings. The molecule has 0 rings (SSSR count). The van der Waals surface area contributed by atoms with Gasteiger partial charge in [-0.2, -0.15) is 0 Å². The van der Waals surface area contributed by atoms with E-state index >= 15 is 0 Å². The van der Waals surface area contributed by atoms with Crippen molar-refractivity contribution in [1.82, 2.24) is 5.32 Å². The van der Waals surface area contributed by atoms with Gasteiger partial charge in [0.05, 0.1) is 39.9 Å². The lowest BCUT2D eigenvalue weighted by molar-refractivity contribution is -0.870. The summed E-state index contributed by atoms with van der Waals surface area (Å²) in [6.07, 6.45) is 75.0. The van der Waals surface area contributed by atoms with Gasteiger partial charge in [0.2, 0.25) is 5.91 Å². The summed E-state index contributed by atoms with van der Waals surface area (Å²) in [7, 11) is 1.24. The number of aliphatic hydroxyl groups is 1. The molecule has 0 fully saturated rings. The van der Waals surface area contributed by atoms with Crippen molar-refractivity contribution in [2.45, 2.75) is 321 Å². The fourth-order valence-electron chi connectivity index (χ4n) is 9.48. The van der Waals surface area contributed by atoms with Crippen LogP contribution in [0.4, 0.5) is 0 Å². The number of phosphoric ester groups is 1. The fourth-order valence-corrected chi connectivity index (χ4v) is 10.2. The molecule has 0 aromatic carbocycles. The van der Waals surface area contributed by atoms with Crippen LogP contribution in [0.15, 0.2) is 48.6 Å². The van der Waals surface area contributed by atoms with E-state index in [9.17, 15) is 19.4 Å². The summed E-state index contributed by atoms with van der Waals surface area (Å²) < 4.78 is 23.4. The molecule has 0 heterocycles. The molecule has 3 atom stereocenters. The van der Waals surface area contributed by atoms with E-state index in [1.54, 1.807) is 6.08 Å². The van der Waals surface area contributed by atoms with Crippen molar-refractivity contribution in [1.29, 1.82) is 0 Å². The molecule has 3 unspecified atom stereocenters. The van der Waals surface area contributed by atoms with Gasteiger partial charge >= 0.3 is 0 Å². The van der Waals surface area contributed by atoms with Crippen LogP contribution in [0.25, 0.3) is 0 Å². The first-order valence-corrected chi connectivity index (χ1v) is 33.5. The predicted octanol–water partition coefficient (Wildman–Crippen LogP) is 19.2. The van der Waals surface area contributed by atoms with E-state index in [-0.39, 0.29) is 12.5 Å². The van der Waals surface area contributed by atoms with Crippen LogP contribution in [0.3, 0.4) is 0 Å². The number of aliphatic hydroxyl groups excluding tert-OH is 1. The van der Waals surface area contributed by atoms with Gasteiger partial charge < -0.3 is 28.8 Å². The number of hydrogen-bond donors (Lipinski definition) is 2. The Kier molecular flexibility index (Phi) is 55.0. The Balaban J connectivity index is 4.17. The lowest BCUT2D eigenvalue weighted by Gasteiger charge is -2.29. The minimum Gasteiger partial charge on any atom is -0.756 e. The van der Waals surface area contributed by atoms with E-state index in [1.807, 2.05) is 27.2 Å². The predicted molar refractivity (Wildman–Crippen MR) is 321 cm³/mol. The minimum atomic E-state index is -4.61. The van der Waals surface area contributed by atoms with Crippen molar-refractivity contribution in [3.05, 3.63) is 48.6 Å². The van der Waals surface area contributed by atoms with Gasteiger partial charge in [-0.3, -0.25) is 9.36 Å². The molecule has 1 amide bonds. The first-order valence-electron chi connectivity index (χ1n) is 32.0. The molecule has 8 nitrogen and oxygen atoms in total. The number of quaternary nitrogens is 1. The molecule has 0 saturated carbocycles. The van der Waals surface area contributed by atoms with Crippen LogP contribution < -0.4 is 10.2 Å². The molecule has 74 heavy (non-hydrogen) atoms. The average molecular weight is 1060 g/mol. The molecule has 0 aliphatic carbocycles. The fraction of sp³-hybridized carbons (Fsp3) is 0.862. The van der Waals surface area contributed by atoms with E-state index in [0.717, 1.165) is 44.9 Å². The zero-order valence-corrected chi connectivity index (χ0v) is 50.7. The number of allylic oxidation sites excluding steroid dienone is 7. The van der Waals surface area contributed by atoms with Gasteiger partial charge in [0.1, 0.15) is 13.2 Å². The number of amides is 1. The maximum Gasteiger partial charge on any atom is 0.268 e. The summed E-state index contributed by atoms with van der Waals surface area (Å²) >= 11 is 0. The topological polar surface area (TPSA) is 108 Å². The van der Waals surface area contributed by atoms with Gasteiger partial charge in [0.15, 0.2) is 0 Å². The Morgan fingerprint density at radius 3 is 1.09 bits per heavy atom. The third-order valence-corrected chi connectivity index (χ3v) is 15.5. The van der Waals surface area contributed by atoms with E-state index in [2.05, 4.69) is 55.6 Å². The zero-order valence-electron chi connectivity index (χ0n) is 49.8. The second-order valence-electron chi connectivity index (χ2n) is 23.1. The summed E-state index contributed by atoms with van der Waals surface area (Å²) in [5, 5.41) is 13.9. The van der Waals surface area contributed by atoms with Gasteiger partial charge in [0.25, 0.3) is 7.82 Å². The second kappa shape index (κ2) is 56.2. The Morgan fingerprint density at radius 2 is 0.757 bits per heavy atom. The van der Waals surface area contributed by atoms with Crippen LogP contribution in [0.5, 0.6) is 0 Å². The van der Waals surface area contributed by atoms with Gasteiger partial charge in [-0.15, -0.1) is 0 Å². The van der Waals surface area contributed by atoms with E-state index in [1.165, 1.54) is 244 Å². The molecule has 0 aliphatic heterocycles. The number of nitrogens with zero attached hydrogens (tertiary/aromatic N) is 1. The Morgan fingerprint density at radius 1 is 0.459 bits per heavy atom. The molecule has 0 aliphatic rings. The Bertz CT molecular complexity index is 1340. The smallest absolute Gasteiger partial charge is 0.268 e. The largest absolute Gasteiger partial charge is 0.756 e. The monoisotopic (exact) mass is 1060 g/mol. The van der Waals surface area contributed by atoms with Crippen LogP contribution in [-0.2, 0) is 18.4 Å². The highest BCUT2D eigenvalue weighted by Gasteiger charge is 2.23. The van der Waals surface area contributed by atoms with Gasteiger partial charge in [-0.25, -0.2) is 0 Å². The van der Waals surface area contributed by atoms with Crippen LogP contribution in [0.1, 0.15) is 309 Å². The molecule has 9 heteroatoms. The third-order valence-electron chi connectivity index (χ3n) is 14.5. The molecular formula is C65H125N2O6P. The molecule has 0 spiro atoms. The molecule has 0 radical (unpaired) electrons. The van der Waals surface area contributed by atoms with Crippen molar-refractivity contribution in [2.24, 2.45) is 0 Å². The first kappa shape index (κ1) is 72.5. The maximum absolute atomic E-state index is 13.0. The molecule has 0 aromatic heterocycles. The summed E-state index contributed by atoms with van der Waals surface area (Å²) in [5.41, 5.74) is 0. The summed E-state index contributed by atoms with van der Waals surface area (Å²) in [5.74, 6) is -0.208. The van der Waals surface area contributed by atoms with Gasteiger partial charge in [-0.05, 0) is 70.6 Å². The SMILES string of the molecule is CCCCCCCCCCCCCC/C=C\CCCCCCCCCCCCCCCC(=O)NC(COP(=O)([O-])OCC[N+](C)(C)C)C(O)/C=C/CC/C=C/CC/C=C/CCCCCCCCCCCCCCC. The van der Waals surface area contributed by atoms with Crippen molar-refractivity contribution >= 4 is 13.7 Å². The van der Waals surface area contributed by atoms with Crippen molar-refractivity contribution in [3.63, 3.8) is 0 Å². The van der Waals surface area contributed by atoms with E-state index in [4.69, 9.17) is 9.05 Å². The van der Waals surface area contributed by atoms with Crippen molar-refractivity contribution in [3.8, 4) is 0 Å². The van der Waals surface area contributed by atoms with Gasteiger partial charge in [0, 0.05) is 6.42 Å². The third kappa shape index (κ3) is 58.1. The standard InChI is InChI=1S/C65H125N2O6P/c1-6-8-10-12-14-16-18-20-22-24-26-28-30-31-32-33-34-35-37-39-41-43-45-47-49-51-53-55-57-59-65(69)66-63(62-73-74(70,71)72-61-60-67(3,4)5)64(68)58-56-54-52-50-48-46-44-42-40-38-36-29-27-25-23-21-19-17-15-13-11-9-7-2/h31-32,40,42,48,50,56,58,63-64,68H,6-30,33-39,41,43-47,49,51-55,57,59-62H2,1-5H3,(H-,66,69,70,71)/b32-31-,42-40+,50-48+,58-56+. The van der Waals surface area contributed by atoms with Crippen molar-refractivity contribution < 1.29 is 32.9 Å². The number of rotatable bonds is 59. The number of likely N-dealkylation sites (N-methyl/N-ethyl adjacent to an activating group) is 1. The number of carbonyl (C=O) groups excluding carboxylic acids is 1. The first-order chi connectivity index (χ1) is 36.0. The number of nitrogens with one attached hydrogen (secondary N) is 1. The van der Waals surface area contributed by atoms with Gasteiger partial charge in [-0.1, -0.05) is 281 Å². The highest BCUT2D eigenvalue weighted by atomic mass is 31.2. The second-order valence-corrected chi connectivity index (χ2v) is 24.5. The lowest BCUT2D eigenvalue weighted by Crippen LogP contribution is -2.45. The van der Waals surface area contributed by atoms with Crippen molar-refractivity contribution in [2.75, 3.05) is 40.9 Å². The zero-order chi connectivity index (χ0) is 54.2. The normalized spacial score (nSPS) is 14.1. The summed E-state index contributed by atoms with van der Waals surface area (Å²) in [6.45, 7) is 4.66. The number of phosphoric acid groups is 1. The quantitative estimate of drug-likeness (QED) is 0.0272. The van der Waals surface area contributed by atoms with E-state index < -0.39 is 26.6 Å².